The van der Waals surface area contributed by atoms with Gasteiger partial charge in [-0.2, -0.15) is 5.26 Å². The molecule has 4 bridgehead atoms. The van der Waals surface area contributed by atoms with E-state index < -0.39 is 88.5 Å². The summed E-state index contributed by atoms with van der Waals surface area (Å²) in [6.07, 6.45) is 5.65. The van der Waals surface area contributed by atoms with E-state index in [0.29, 0.717) is 64.3 Å². The average molecular weight is 910 g/mol. The predicted octanol–water partition coefficient (Wildman–Crippen LogP) is 6.33. The van der Waals surface area contributed by atoms with Crippen LogP contribution in [-0.2, 0) is 39.7 Å². The molecule has 15 nitrogen and oxygen atoms in total. The second kappa shape index (κ2) is 15.9. The van der Waals surface area contributed by atoms with Gasteiger partial charge in [0.05, 0.1) is 42.2 Å². The Morgan fingerprint density at radius 2 is 1.76 bits per heavy atom. The quantitative estimate of drug-likeness (QED) is 0.133. The van der Waals surface area contributed by atoms with Gasteiger partial charge in [-0.1, -0.05) is 29.4 Å². The molecule has 6 aliphatic heterocycles. The topological polar surface area (TPSA) is 211 Å². The smallest absolute Gasteiger partial charge is 0.333 e. The minimum atomic E-state index is -1.68. The molecule has 15 heteroatoms. The number of hydrogen-bond donors (Lipinski definition) is 3. The van der Waals surface area contributed by atoms with E-state index in [1.165, 1.54) is 12.7 Å². The Bertz CT molecular complexity index is 2500. The highest BCUT2D eigenvalue weighted by Gasteiger charge is 2.84. The Labute approximate surface area is 386 Å². The number of aliphatic imine (C=N–C) groups is 1. The molecule has 0 radical (unpaired) electrons. The molecular formula is C51H63N3O12. The second-order valence-electron chi connectivity index (χ2n) is 20.9. The van der Waals surface area contributed by atoms with Crippen molar-refractivity contribution in [3.63, 3.8) is 0 Å². The Morgan fingerprint density at radius 1 is 1.03 bits per heavy atom. The Kier molecular flexibility index (Phi) is 11.1. The maximum absolute atomic E-state index is 15.5. The lowest BCUT2D eigenvalue weighted by molar-refractivity contribution is -0.373. The monoisotopic (exact) mass is 909 g/mol. The van der Waals surface area contributed by atoms with Crippen molar-refractivity contribution in [1.29, 1.82) is 5.26 Å². The van der Waals surface area contributed by atoms with Gasteiger partial charge in [-0.05, 0) is 107 Å². The molecule has 4 N–H and O–H groups in total. The fourth-order valence-electron chi connectivity index (χ4n) is 11.9. The molecule has 3 saturated carbocycles. The number of nitriles is 1. The van der Waals surface area contributed by atoms with Crippen molar-refractivity contribution in [3.05, 3.63) is 63.3 Å². The molecule has 1 aromatic rings. The zero-order chi connectivity index (χ0) is 47.6. The molecule has 354 valence electrons. The first-order chi connectivity index (χ1) is 31.0. The summed E-state index contributed by atoms with van der Waals surface area (Å²) >= 11 is 0. The summed E-state index contributed by atoms with van der Waals surface area (Å²) in [6.45, 7) is 19.2. The van der Waals surface area contributed by atoms with Gasteiger partial charge in [0, 0.05) is 40.9 Å². The van der Waals surface area contributed by atoms with Gasteiger partial charge in [0.2, 0.25) is 6.29 Å². The van der Waals surface area contributed by atoms with Crippen LogP contribution < -0.4 is 19.9 Å². The first-order valence-electron chi connectivity index (χ1n) is 23.1. The molecular weight excluding hydrogens is 847 g/mol. The molecule has 0 amide bonds. The number of methoxy groups -OCH3 is 1. The number of nitrogens with zero attached hydrogens (tertiary/aromatic N) is 2. The van der Waals surface area contributed by atoms with Crippen LogP contribution in [0.3, 0.4) is 0 Å². The van der Waals surface area contributed by atoms with Crippen LogP contribution in [0, 0.1) is 35.0 Å². The van der Waals surface area contributed by atoms with Crippen molar-refractivity contribution in [2.75, 3.05) is 13.7 Å². The molecule has 3 saturated heterocycles. The lowest BCUT2D eigenvalue weighted by atomic mass is 9.44. The number of benzene rings is 1. The number of carbonyl (C=O) groups is 2. The summed E-state index contributed by atoms with van der Waals surface area (Å²) in [6, 6.07) is 2.38. The Morgan fingerprint density at radius 3 is 2.44 bits per heavy atom. The molecule has 12 atom stereocenters. The van der Waals surface area contributed by atoms with Gasteiger partial charge in [0.15, 0.2) is 22.8 Å². The molecule has 9 aliphatic rings. The van der Waals surface area contributed by atoms with Crippen LogP contribution in [0.2, 0.25) is 0 Å². The summed E-state index contributed by atoms with van der Waals surface area (Å²) < 4.78 is 52.6. The van der Waals surface area contributed by atoms with Crippen LogP contribution in [0.25, 0.3) is 11.8 Å². The van der Waals surface area contributed by atoms with Gasteiger partial charge in [-0.3, -0.25) is 4.79 Å². The molecule has 6 fully saturated rings. The highest BCUT2D eigenvalue weighted by atomic mass is 16.8. The van der Waals surface area contributed by atoms with E-state index in [1.54, 1.807) is 26.8 Å². The number of fused-ring (bicyclic) bond motifs is 4. The Hall–Kier alpha value is -4.82. The zero-order valence-corrected chi connectivity index (χ0v) is 39.8. The highest BCUT2D eigenvalue weighted by Crippen LogP contribution is 2.74. The number of allylic oxidation sites excluding steroid dienone is 4. The maximum atomic E-state index is 15.5. The summed E-state index contributed by atoms with van der Waals surface area (Å²) in [5, 5.41) is 34.3. The third kappa shape index (κ3) is 6.84. The van der Waals surface area contributed by atoms with Crippen molar-refractivity contribution in [2.45, 2.75) is 160 Å². The highest BCUT2D eigenvalue weighted by molar-refractivity contribution is 6.05. The number of carbonyl (C=O) groups excluding carboxylic acids is 2. The molecule has 1 spiro atoms. The fraction of sp³-hybridized carbons (Fsp3) is 0.608. The third-order valence-corrected chi connectivity index (χ3v) is 15.0. The van der Waals surface area contributed by atoms with Crippen LogP contribution >= 0.6 is 0 Å². The van der Waals surface area contributed by atoms with Crippen molar-refractivity contribution in [1.82, 2.24) is 0 Å². The van der Waals surface area contributed by atoms with Gasteiger partial charge in [0.25, 0.3) is 0 Å². The number of amidine groups is 1. The van der Waals surface area contributed by atoms with Crippen LogP contribution in [0.15, 0.2) is 51.6 Å². The van der Waals surface area contributed by atoms with E-state index in [2.05, 4.69) is 32.1 Å². The van der Waals surface area contributed by atoms with Crippen molar-refractivity contribution in [3.8, 4) is 23.3 Å². The number of rotatable bonds is 10. The number of Topliss-reactive ketones (excluding diaryl/α,β-unsaturated/α-hetero) is 1. The number of aliphatic hydroxyl groups is 2. The lowest BCUT2D eigenvalue weighted by Crippen LogP contribution is -2.75. The van der Waals surface area contributed by atoms with Gasteiger partial charge >= 0.3 is 5.97 Å². The molecule has 10 rings (SSSR count). The minimum absolute atomic E-state index is 0.0344. The first-order valence-corrected chi connectivity index (χ1v) is 23.1. The zero-order valence-electron chi connectivity index (χ0n) is 39.8. The molecule has 7 unspecified atom stereocenters. The number of hydrogen-bond acceptors (Lipinski definition) is 15. The molecule has 1 aromatic carbocycles. The van der Waals surface area contributed by atoms with Crippen LogP contribution in [0.4, 0.5) is 0 Å². The van der Waals surface area contributed by atoms with Gasteiger partial charge in [0.1, 0.15) is 59.0 Å². The third-order valence-electron chi connectivity index (χ3n) is 15.0. The van der Waals surface area contributed by atoms with Crippen molar-refractivity contribution < 1.29 is 57.7 Å². The molecule has 6 heterocycles. The molecule has 0 aromatic heterocycles. The van der Waals surface area contributed by atoms with E-state index in [0.717, 1.165) is 12.0 Å². The van der Waals surface area contributed by atoms with Gasteiger partial charge < -0.3 is 53.8 Å². The molecule has 66 heavy (non-hydrogen) atoms. The van der Waals surface area contributed by atoms with E-state index in [9.17, 15) is 20.3 Å². The average Bonchev–Trinajstić information content (AvgIpc) is 3.39. The van der Waals surface area contributed by atoms with Gasteiger partial charge in [-0.15, -0.1) is 0 Å². The van der Waals surface area contributed by atoms with E-state index in [4.69, 9.17) is 48.6 Å². The number of nitrogens with two attached hydrogens (primary N) is 1. The SMILES string of the molecule is COC(=O)C(C)=CCC12OC(C)(C)C3CC(C1=O)C1C4=C(N=C(N)C1C#N)c1c(O[C@H]5O[C@H]6COC(C)(C)O[C@@H]6[C@@H](O)[C@@H]5O)c5c(c(CC=C(C)C)c1OC432)OC(C)(CCC=C(C)C)C=C5. The number of ketones is 1. The standard InChI is InChI=1S/C51H63N3O12/c1-24(2)13-12-18-49(10)19-17-28-39(64-49)27(15-14-25(3)4)41-34(40(28)62-46-38(56)37(55)42-31(61-46)23-60-48(8,9)63-42)36-35-33(30(22-52)44(53)54-36)29-21-32-47(6,7)66-50(43(29)57,51(32,35)65-41)20-16-26(5)45(58)59-11/h13-14,16-17,19,29-33,37-38,42,46,55-56H,12,15,18,20-21,23H2,1-11H3,(H2,53,54)/t29?,30?,31-,32?,33?,37-,38-,42-,46+,49?,50?,51?/m0/s1. The van der Waals surface area contributed by atoms with E-state index in [1.807, 2.05) is 46.8 Å². The summed E-state index contributed by atoms with van der Waals surface area (Å²) in [5.41, 5.74) is 6.87. The predicted molar refractivity (Wildman–Crippen MR) is 242 cm³/mol. The van der Waals surface area contributed by atoms with Crippen LogP contribution in [0.5, 0.6) is 17.2 Å². The number of esters is 1. The molecule has 3 aliphatic carbocycles. The number of aliphatic hydroxyl groups excluding tert-OH is 2. The van der Waals surface area contributed by atoms with Gasteiger partial charge in [-0.25, -0.2) is 9.79 Å². The van der Waals surface area contributed by atoms with Crippen LogP contribution in [0.1, 0.15) is 112 Å². The van der Waals surface area contributed by atoms with E-state index in [-0.39, 0.29) is 30.4 Å². The first kappa shape index (κ1) is 46.3. The van der Waals surface area contributed by atoms with E-state index >= 15 is 4.79 Å². The van der Waals surface area contributed by atoms with Crippen LogP contribution in [-0.4, -0.2) is 100 Å². The van der Waals surface area contributed by atoms with Crippen molar-refractivity contribution in [2.24, 2.45) is 34.4 Å². The minimum Gasteiger partial charge on any atom is -0.482 e. The summed E-state index contributed by atoms with van der Waals surface area (Å²) in [4.78, 5) is 33.5. The fourth-order valence-corrected chi connectivity index (χ4v) is 11.9. The maximum Gasteiger partial charge on any atom is 0.333 e. The van der Waals surface area contributed by atoms with Crippen molar-refractivity contribution >= 4 is 29.4 Å². The summed E-state index contributed by atoms with van der Waals surface area (Å²) in [7, 11) is 1.30. The Balaban J connectivity index is 1.33. The summed E-state index contributed by atoms with van der Waals surface area (Å²) in [5.74, 6) is -3.73. The normalized spacial score (nSPS) is 37.2. The second-order valence-corrected chi connectivity index (χ2v) is 20.9. The largest absolute Gasteiger partial charge is 0.482 e. The number of ether oxygens (including phenoxy) is 8. The lowest BCUT2D eigenvalue weighted by Gasteiger charge is -2.62.